The maximum atomic E-state index is 13.4. The van der Waals surface area contributed by atoms with Crippen LogP contribution in [0.3, 0.4) is 0 Å². The van der Waals surface area contributed by atoms with Crippen molar-refractivity contribution < 1.29 is 4.79 Å². The van der Waals surface area contributed by atoms with Crippen LogP contribution < -0.4 is 0 Å². The van der Waals surface area contributed by atoms with E-state index in [2.05, 4.69) is 30.3 Å². The molecule has 0 atom stereocenters. The fourth-order valence-corrected chi connectivity index (χ4v) is 4.36. The summed E-state index contributed by atoms with van der Waals surface area (Å²) >= 11 is 0. The molecule has 1 aliphatic rings. The molecule has 0 unspecified atom stereocenters. The highest BCUT2D eigenvalue weighted by Gasteiger charge is 2.32. The van der Waals surface area contributed by atoms with E-state index in [4.69, 9.17) is 4.98 Å². The van der Waals surface area contributed by atoms with Crippen molar-refractivity contribution in [2.24, 2.45) is 0 Å². The molecule has 0 fully saturated rings. The minimum Gasteiger partial charge on any atom is -0.288 e. The summed E-state index contributed by atoms with van der Waals surface area (Å²) < 4.78 is 0. The molecule has 28 heavy (non-hydrogen) atoms. The molecule has 0 N–H and O–H groups in total. The van der Waals surface area contributed by atoms with Gasteiger partial charge in [-0.25, -0.2) is 4.98 Å². The van der Waals surface area contributed by atoms with E-state index in [9.17, 15) is 4.79 Å². The van der Waals surface area contributed by atoms with E-state index >= 15 is 0 Å². The van der Waals surface area contributed by atoms with Crippen LogP contribution in [0, 0.1) is 0 Å². The Morgan fingerprint density at radius 1 is 0.607 bits per heavy atom. The highest BCUT2D eigenvalue weighted by atomic mass is 16.1. The van der Waals surface area contributed by atoms with Crippen LogP contribution in [-0.4, -0.2) is 10.8 Å². The maximum absolute atomic E-state index is 13.4. The second kappa shape index (κ2) is 5.61. The van der Waals surface area contributed by atoms with Crippen LogP contribution in [0.1, 0.15) is 15.9 Å². The third kappa shape index (κ3) is 1.97. The minimum absolute atomic E-state index is 0.0618. The molecule has 0 spiro atoms. The molecule has 1 heterocycles. The normalized spacial score (nSPS) is 12.4. The first-order chi connectivity index (χ1) is 13.8. The average Bonchev–Trinajstić information content (AvgIpc) is 3.07. The first-order valence-corrected chi connectivity index (χ1v) is 9.38. The van der Waals surface area contributed by atoms with Gasteiger partial charge in [0, 0.05) is 22.1 Å². The molecule has 5 aromatic rings. The van der Waals surface area contributed by atoms with Crippen molar-refractivity contribution >= 4 is 27.5 Å². The lowest BCUT2D eigenvalue weighted by Crippen LogP contribution is -2.01. The van der Waals surface area contributed by atoms with Gasteiger partial charge >= 0.3 is 0 Å². The van der Waals surface area contributed by atoms with Gasteiger partial charge in [0.05, 0.1) is 16.8 Å². The standard InChI is InChI=1S/C26H15NO/c28-26-20-13-7-6-12-19(20)23-22-18-11-5-4-8-16(18)14-15-21(22)27-25(24(23)26)17-9-2-1-3-10-17/h1-15H. The van der Waals surface area contributed by atoms with Crippen molar-refractivity contribution in [1.82, 2.24) is 4.98 Å². The summed E-state index contributed by atoms with van der Waals surface area (Å²) in [5, 5.41) is 3.35. The third-order valence-electron chi connectivity index (χ3n) is 5.59. The molecule has 6 rings (SSSR count). The van der Waals surface area contributed by atoms with Crippen molar-refractivity contribution in [2.45, 2.75) is 0 Å². The predicted molar refractivity (Wildman–Crippen MR) is 114 cm³/mol. The van der Waals surface area contributed by atoms with Gasteiger partial charge in [-0.15, -0.1) is 0 Å². The minimum atomic E-state index is 0.0618. The third-order valence-corrected chi connectivity index (χ3v) is 5.59. The van der Waals surface area contributed by atoms with Crippen LogP contribution in [0.2, 0.25) is 0 Å². The Hall–Kier alpha value is -3.78. The summed E-state index contributed by atoms with van der Waals surface area (Å²) in [4.78, 5) is 18.4. The van der Waals surface area contributed by atoms with E-state index in [0.29, 0.717) is 0 Å². The summed E-state index contributed by atoms with van der Waals surface area (Å²) in [6, 6.07) is 30.4. The van der Waals surface area contributed by atoms with Crippen molar-refractivity contribution in [3.05, 3.63) is 102 Å². The molecule has 130 valence electrons. The number of ketones is 1. The van der Waals surface area contributed by atoms with E-state index in [1.807, 2.05) is 60.7 Å². The lowest BCUT2D eigenvalue weighted by molar-refractivity contribution is 0.104. The molecule has 0 aliphatic heterocycles. The van der Waals surface area contributed by atoms with Crippen molar-refractivity contribution in [3.8, 4) is 22.4 Å². The first-order valence-electron chi connectivity index (χ1n) is 9.38. The SMILES string of the molecule is O=C1c2ccccc2-c2c1c(-c1ccccc1)nc1ccc3ccccc3c21. The summed E-state index contributed by atoms with van der Waals surface area (Å²) in [7, 11) is 0. The number of hydrogen-bond donors (Lipinski definition) is 0. The molecule has 0 saturated heterocycles. The Bertz CT molecular complexity index is 1420. The van der Waals surface area contributed by atoms with Gasteiger partial charge < -0.3 is 0 Å². The number of aromatic nitrogens is 1. The van der Waals surface area contributed by atoms with Gasteiger partial charge in [0.1, 0.15) is 0 Å². The summed E-state index contributed by atoms with van der Waals surface area (Å²) in [5.41, 5.74) is 6.15. The maximum Gasteiger partial charge on any atom is 0.196 e. The summed E-state index contributed by atoms with van der Waals surface area (Å²) in [5.74, 6) is 0.0618. The Kier molecular flexibility index (Phi) is 3.06. The van der Waals surface area contributed by atoms with Crippen molar-refractivity contribution in [2.75, 3.05) is 0 Å². The Balaban J connectivity index is 1.87. The van der Waals surface area contributed by atoms with E-state index in [1.165, 1.54) is 0 Å². The quantitative estimate of drug-likeness (QED) is 0.325. The monoisotopic (exact) mass is 357 g/mol. The molecule has 2 heteroatoms. The zero-order chi connectivity index (χ0) is 18.7. The van der Waals surface area contributed by atoms with Gasteiger partial charge in [0.15, 0.2) is 5.78 Å². The highest BCUT2D eigenvalue weighted by Crippen LogP contribution is 2.46. The van der Waals surface area contributed by atoms with Gasteiger partial charge in [-0.1, -0.05) is 84.9 Å². The number of carbonyl (C=O) groups is 1. The molecule has 0 saturated carbocycles. The van der Waals surface area contributed by atoms with Crippen LogP contribution >= 0.6 is 0 Å². The Labute approximate surface area is 162 Å². The molecule has 0 radical (unpaired) electrons. The van der Waals surface area contributed by atoms with E-state index in [-0.39, 0.29) is 5.78 Å². The number of hydrogen-bond acceptors (Lipinski definition) is 2. The first kappa shape index (κ1) is 15.3. The molecular weight excluding hydrogens is 342 g/mol. The van der Waals surface area contributed by atoms with Gasteiger partial charge in [0.25, 0.3) is 0 Å². The molecule has 4 aromatic carbocycles. The molecule has 1 aliphatic carbocycles. The second-order valence-electron chi connectivity index (χ2n) is 7.13. The number of nitrogens with zero attached hydrogens (tertiary/aromatic N) is 1. The molecular formula is C26H15NO. The predicted octanol–water partition coefficient (Wildman–Crippen LogP) is 6.27. The smallest absolute Gasteiger partial charge is 0.196 e. The van der Waals surface area contributed by atoms with Gasteiger partial charge in [-0.3, -0.25) is 4.79 Å². The highest BCUT2D eigenvalue weighted by molar-refractivity contribution is 6.30. The average molecular weight is 357 g/mol. The van der Waals surface area contributed by atoms with Gasteiger partial charge in [-0.2, -0.15) is 0 Å². The summed E-state index contributed by atoms with van der Waals surface area (Å²) in [6.07, 6.45) is 0. The van der Waals surface area contributed by atoms with Crippen LogP contribution in [0.4, 0.5) is 0 Å². The second-order valence-corrected chi connectivity index (χ2v) is 7.13. The van der Waals surface area contributed by atoms with Crippen LogP contribution in [0.15, 0.2) is 91.0 Å². The van der Waals surface area contributed by atoms with Gasteiger partial charge in [-0.05, 0) is 22.4 Å². The topological polar surface area (TPSA) is 30.0 Å². The van der Waals surface area contributed by atoms with Gasteiger partial charge in [0.2, 0.25) is 0 Å². The largest absolute Gasteiger partial charge is 0.288 e. The number of pyridine rings is 1. The molecule has 0 bridgehead atoms. The Morgan fingerprint density at radius 3 is 2.18 bits per heavy atom. The molecule has 0 amide bonds. The van der Waals surface area contributed by atoms with Crippen molar-refractivity contribution in [3.63, 3.8) is 0 Å². The number of benzene rings is 4. The van der Waals surface area contributed by atoms with E-state index in [1.54, 1.807) is 0 Å². The van der Waals surface area contributed by atoms with Crippen LogP contribution in [0.25, 0.3) is 44.1 Å². The number of carbonyl (C=O) groups excluding carboxylic acids is 1. The molecule has 2 nitrogen and oxygen atoms in total. The zero-order valence-electron chi connectivity index (χ0n) is 15.0. The van der Waals surface area contributed by atoms with Crippen molar-refractivity contribution in [1.29, 1.82) is 0 Å². The lowest BCUT2D eigenvalue weighted by atomic mass is 9.93. The summed E-state index contributed by atoms with van der Waals surface area (Å²) in [6.45, 7) is 0. The number of rotatable bonds is 1. The Morgan fingerprint density at radius 2 is 1.32 bits per heavy atom. The fourth-order valence-electron chi connectivity index (χ4n) is 4.36. The fraction of sp³-hybridized carbons (Fsp3) is 0. The van der Waals surface area contributed by atoms with E-state index < -0.39 is 0 Å². The zero-order valence-corrected chi connectivity index (χ0v) is 15.0. The number of fused-ring (bicyclic) bond motifs is 7. The van der Waals surface area contributed by atoms with Crippen LogP contribution in [-0.2, 0) is 0 Å². The molecule has 1 aromatic heterocycles. The van der Waals surface area contributed by atoms with E-state index in [0.717, 1.165) is 55.2 Å². The lowest BCUT2D eigenvalue weighted by Gasteiger charge is -2.13. The van der Waals surface area contributed by atoms with Crippen LogP contribution in [0.5, 0.6) is 0 Å².